The minimum absolute atomic E-state index is 0.371. The Morgan fingerprint density at radius 2 is 2.07 bits per heavy atom. The molecule has 0 radical (unpaired) electrons. The van der Waals surface area contributed by atoms with E-state index in [1.807, 2.05) is 18.3 Å². The number of benzene rings is 1. The van der Waals surface area contributed by atoms with Crippen molar-refractivity contribution in [2.24, 2.45) is 5.73 Å². The number of nitrogens with one attached hydrogen (secondary N) is 1. The van der Waals surface area contributed by atoms with Gasteiger partial charge in [-0.2, -0.15) is 0 Å². The van der Waals surface area contributed by atoms with Crippen molar-refractivity contribution in [2.75, 3.05) is 13.2 Å². The van der Waals surface area contributed by atoms with Gasteiger partial charge < -0.3 is 30.4 Å². The zero-order valence-electron chi connectivity index (χ0n) is 15.8. The molecular formula is C21H32N2O4. The van der Waals surface area contributed by atoms with E-state index in [0.29, 0.717) is 32.4 Å². The molecule has 0 saturated carbocycles. The van der Waals surface area contributed by atoms with Gasteiger partial charge in [0.15, 0.2) is 6.29 Å². The van der Waals surface area contributed by atoms with Gasteiger partial charge in [0.1, 0.15) is 0 Å². The molecule has 5 N–H and O–H groups in total. The van der Waals surface area contributed by atoms with E-state index in [2.05, 4.69) is 17.1 Å². The summed E-state index contributed by atoms with van der Waals surface area (Å²) in [7, 11) is 0. The lowest BCUT2D eigenvalue weighted by Crippen LogP contribution is -2.43. The smallest absolute Gasteiger partial charge is 0.160 e. The van der Waals surface area contributed by atoms with Gasteiger partial charge in [0, 0.05) is 29.9 Å². The normalized spacial score (nSPS) is 24.3. The van der Waals surface area contributed by atoms with Crippen molar-refractivity contribution in [3.63, 3.8) is 0 Å². The molecule has 0 spiro atoms. The fourth-order valence-electron chi connectivity index (χ4n) is 3.75. The van der Waals surface area contributed by atoms with E-state index in [4.69, 9.17) is 15.2 Å². The molecule has 150 valence electrons. The number of aliphatic hydroxyl groups excluding tert-OH is 2. The van der Waals surface area contributed by atoms with Crippen LogP contribution in [0.2, 0.25) is 0 Å². The number of aromatic amines is 1. The summed E-state index contributed by atoms with van der Waals surface area (Å²) in [5.74, 6) is 0. The Labute approximate surface area is 160 Å². The number of nitrogens with two attached hydrogens (primary N) is 1. The van der Waals surface area contributed by atoms with E-state index in [1.54, 1.807) is 0 Å². The first-order valence-electron chi connectivity index (χ1n) is 10.1. The zero-order chi connectivity index (χ0) is 19.1. The molecule has 1 unspecified atom stereocenters. The molecule has 0 bridgehead atoms. The third-order valence-corrected chi connectivity index (χ3v) is 5.28. The highest BCUT2D eigenvalue weighted by Gasteiger charge is 2.33. The lowest BCUT2D eigenvalue weighted by molar-refractivity contribution is -0.234. The summed E-state index contributed by atoms with van der Waals surface area (Å²) in [4.78, 5) is 3.27. The first-order valence-corrected chi connectivity index (χ1v) is 10.1. The summed E-state index contributed by atoms with van der Waals surface area (Å²) < 4.78 is 11.8. The van der Waals surface area contributed by atoms with Gasteiger partial charge in [-0.25, -0.2) is 0 Å². The number of hydrogen-bond acceptors (Lipinski definition) is 5. The average molecular weight is 376 g/mol. The molecule has 1 aliphatic heterocycles. The van der Waals surface area contributed by atoms with Crippen molar-refractivity contribution in [2.45, 2.75) is 69.5 Å². The van der Waals surface area contributed by atoms with Crippen molar-refractivity contribution >= 4 is 10.9 Å². The molecule has 0 aliphatic carbocycles. The highest BCUT2D eigenvalue weighted by molar-refractivity contribution is 5.82. The monoisotopic (exact) mass is 376 g/mol. The number of para-hydroxylation sites is 1. The van der Waals surface area contributed by atoms with Crippen LogP contribution in [-0.4, -0.2) is 53.0 Å². The van der Waals surface area contributed by atoms with E-state index < -0.39 is 18.5 Å². The summed E-state index contributed by atoms with van der Waals surface area (Å²) in [6, 6.07) is 8.19. The van der Waals surface area contributed by atoms with Crippen LogP contribution in [-0.2, 0) is 15.9 Å². The molecule has 6 nitrogen and oxygen atoms in total. The third kappa shape index (κ3) is 5.77. The van der Waals surface area contributed by atoms with Gasteiger partial charge in [-0.1, -0.05) is 31.0 Å². The van der Waals surface area contributed by atoms with Crippen molar-refractivity contribution < 1.29 is 19.7 Å². The van der Waals surface area contributed by atoms with Gasteiger partial charge in [-0.3, -0.25) is 0 Å². The van der Waals surface area contributed by atoms with Crippen LogP contribution in [0.3, 0.4) is 0 Å². The predicted octanol–water partition coefficient (Wildman–Crippen LogP) is 2.47. The lowest BCUT2D eigenvalue weighted by Gasteiger charge is -2.35. The largest absolute Gasteiger partial charge is 0.393 e. The van der Waals surface area contributed by atoms with E-state index in [1.165, 1.54) is 10.9 Å². The quantitative estimate of drug-likeness (QED) is 0.477. The molecule has 1 aromatic carbocycles. The predicted molar refractivity (Wildman–Crippen MR) is 105 cm³/mol. The van der Waals surface area contributed by atoms with Crippen LogP contribution in [0.25, 0.3) is 10.9 Å². The molecule has 1 aromatic heterocycles. The first kappa shape index (κ1) is 20.3. The fraction of sp³-hybridized carbons (Fsp3) is 0.619. The highest BCUT2D eigenvalue weighted by atomic mass is 16.7. The number of unbranched alkanes of at least 4 members (excludes halogenated alkanes) is 2. The number of rotatable bonds is 10. The number of fused-ring (bicyclic) bond motifs is 1. The molecule has 1 aliphatic rings. The van der Waals surface area contributed by atoms with Crippen LogP contribution in [0.4, 0.5) is 0 Å². The zero-order valence-corrected chi connectivity index (χ0v) is 15.8. The standard InChI is InChI=1S/C21H32N2O4/c22-10-5-1-2-8-19(25)20-12-16(24)13-21(27-20)26-11-9-15-14-23-18-7-4-3-6-17(15)18/h3-4,6-7,14,16,19-21,23-25H,1-2,5,8-13,22H2/t16-,19?,20-,21-/m0/s1. The number of aromatic nitrogens is 1. The Hall–Kier alpha value is -1.44. The third-order valence-electron chi connectivity index (χ3n) is 5.28. The molecular weight excluding hydrogens is 344 g/mol. The van der Waals surface area contributed by atoms with E-state index in [-0.39, 0.29) is 6.10 Å². The Bertz CT molecular complexity index is 690. The maximum absolute atomic E-state index is 10.4. The van der Waals surface area contributed by atoms with Crippen LogP contribution in [0, 0.1) is 0 Å². The maximum Gasteiger partial charge on any atom is 0.160 e. The molecule has 27 heavy (non-hydrogen) atoms. The number of H-pyrrole nitrogens is 1. The Balaban J connectivity index is 1.45. The number of aliphatic hydroxyl groups is 2. The van der Waals surface area contributed by atoms with Crippen molar-refractivity contribution in [1.82, 2.24) is 4.98 Å². The molecule has 0 amide bonds. The van der Waals surface area contributed by atoms with Gasteiger partial charge in [-0.05, 0) is 37.4 Å². The molecule has 1 saturated heterocycles. The van der Waals surface area contributed by atoms with Gasteiger partial charge in [0.2, 0.25) is 0 Å². The van der Waals surface area contributed by atoms with Crippen molar-refractivity contribution in [3.05, 3.63) is 36.0 Å². The second-order valence-corrected chi connectivity index (χ2v) is 7.41. The maximum atomic E-state index is 10.4. The summed E-state index contributed by atoms with van der Waals surface area (Å²) in [5, 5.41) is 21.7. The molecule has 4 atom stereocenters. The van der Waals surface area contributed by atoms with Gasteiger partial charge in [0.25, 0.3) is 0 Å². The molecule has 6 heteroatoms. The van der Waals surface area contributed by atoms with Crippen LogP contribution >= 0.6 is 0 Å². The Kier molecular flexibility index (Phi) is 7.67. The molecule has 2 heterocycles. The lowest BCUT2D eigenvalue weighted by atomic mass is 9.97. The van der Waals surface area contributed by atoms with Crippen LogP contribution in [0.5, 0.6) is 0 Å². The number of hydrogen-bond donors (Lipinski definition) is 4. The van der Waals surface area contributed by atoms with E-state index >= 15 is 0 Å². The van der Waals surface area contributed by atoms with Crippen molar-refractivity contribution in [1.29, 1.82) is 0 Å². The van der Waals surface area contributed by atoms with Crippen molar-refractivity contribution in [3.8, 4) is 0 Å². The second-order valence-electron chi connectivity index (χ2n) is 7.41. The summed E-state index contributed by atoms with van der Waals surface area (Å²) >= 11 is 0. The summed E-state index contributed by atoms with van der Waals surface area (Å²) in [5.41, 5.74) is 7.83. The Morgan fingerprint density at radius 1 is 1.22 bits per heavy atom. The minimum Gasteiger partial charge on any atom is -0.393 e. The highest BCUT2D eigenvalue weighted by Crippen LogP contribution is 2.25. The number of ether oxygens (including phenoxy) is 2. The topological polar surface area (TPSA) is 101 Å². The van der Waals surface area contributed by atoms with E-state index in [9.17, 15) is 10.2 Å². The van der Waals surface area contributed by atoms with Gasteiger partial charge in [-0.15, -0.1) is 0 Å². The van der Waals surface area contributed by atoms with Gasteiger partial charge >= 0.3 is 0 Å². The average Bonchev–Trinajstić information content (AvgIpc) is 3.08. The van der Waals surface area contributed by atoms with E-state index in [0.717, 1.165) is 31.2 Å². The van der Waals surface area contributed by atoms with Crippen LogP contribution < -0.4 is 5.73 Å². The van der Waals surface area contributed by atoms with Crippen LogP contribution in [0.15, 0.2) is 30.5 Å². The minimum atomic E-state index is -0.572. The first-order chi connectivity index (χ1) is 13.2. The fourth-order valence-corrected chi connectivity index (χ4v) is 3.75. The summed E-state index contributed by atoms with van der Waals surface area (Å²) in [6.07, 6.45) is 5.34. The second kappa shape index (κ2) is 10.2. The summed E-state index contributed by atoms with van der Waals surface area (Å²) in [6.45, 7) is 1.19. The SMILES string of the molecule is NCCCCCC(O)[C@@H]1C[C@H](O)C[C@@H](OCCc2c[nH]c3ccccc23)O1. The van der Waals surface area contributed by atoms with Crippen LogP contribution in [0.1, 0.15) is 44.1 Å². The molecule has 2 aromatic rings. The molecule has 3 rings (SSSR count). The van der Waals surface area contributed by atoms with Gasteiger partial charge in [0.05, 0.1) is 24.9 Å². The Morgan fingerprint density at radius 3 is 2.93 bits per heavy atom. The molecule has 1 fully saturated rings.